The third-order valence-electron chi connectivity index (χ3n) is 2.90. The van der Waals surface area contributed by atoms with E-state index in [1.165, 1.54) is 17.7 Å². The van der Waals surface area contributed by atoms with Crippen LogP contribution in [0.3, 0.4) is 0 Å². The van der Waals surface area contributed by atoms with Crippen molar-refractivity contribution in [3.05, 3.63) is 17.1 Å². The number of nitrogens with two attached hydrogens (primary N) is 1. The molecule has 0 amide bonds. The molecule has 2 N–H and O–H groups in total. The van der Waals surface area contributed by atoms with Crippen molar-refractivity contribution in [2.75, 3.05) is 6.26 Å². The Labute approximate surface area is 94.9 Å². The molecule has 0 saturated carbocycles. The molecule has 1 aromatic rings. The van der Waals surface area contributed by atoms with Crippen molar-refractivity contribution in [2.45, 2.75) is 37.8 Å². The van der Waals surface area contributed by atoms with E-state index in [9.17, 15) is 0 Å². The van der Waals surface area contributed by atoms with Gasteiger partial charge in [-0.15, -0.1) is 11.8 Å². The van der Waals surface area contributed by atoms with E-state index in [2.05, 4.69) is 23.1 Å². The highest BCUT2D eigenvalue weighted by Crippen LogP contribution is 2.29. The SMILES string of the molecule is CSc1nc(CN)nc2c1CC(C)CC2. The highest BCUT2D eigenvalue weighted by molar-refractivity contribution is 7.98. The van der Waals surface area contributed by atoms with Gasteiger partial charge in [-0.25, -0.2) is 9.97 Å². The summed E-state index contributed by atoms with van der Waals surface area (Å²) in [7, 11) is 0. The van der Waals surface area contributed by atoms with Gasteiger partial charge in [-0.1, -0.05) is 6.92 Å². The van der Waals surface area contributed by atoms with Gasteiger partial charge in [0.1, 0.15) is 10.9 Å². The molecule has 3 nitrogen and oxygen atoms in total. The lowest BCUT2D eigenvalue weighted by Gasteiger charge is -2.22. The van der Waals surface area contributed by atoms with Gasteiger partial charge in [0.2, 0.25) is 0 Å². The van der Waals surface area contributed by atoms with Crippen LogP contribution in [-0.2, 0) is 19.4 Å². The standard InChI is InChI=1S/C11H17N3S/c1-7-3-4-9-8(5-7)11(15-2)14-10(6-12)13-9/h7H,3-6,12H2,1-2H3. The van der Waals surface area contributed by atoms with E-state index < -0.39 is 0 Å². The number of rotatable bonds is 2. The van der Waals surface area contributed by atoms with Crippen molar-refractivity contribution < 1.29 is 0 Å². The lowest BCUT2D eigenvalue weighted by Crippen LogP contribution is -2.17. The normalized spacial score (nSPS) is 20.1. The number of aryl methyl sites for hydroxylation is 1. The van der Waals surface area contributed by atoms with Crippen LogP contribution in [0.25, 0.3) is 0 Å². The van der Waals surface area contributed by atoms with Gasteiger partial charge in [-0.3, -0.25) is 0 Å². The van der Waals surface area contributed by atoms with Crippen LogP contribution in [0.5, 0.6) is 0 Å². The van der Waals surface area contributed by atoms with Crippen molar-refractivity contribution in [2.24, 2.45) is 11.7 Å². The van der Waals surface area contributed by atoms with Crippen LogP contribution in [0.4, 0.5) is 0 Å². The van der Waals surface area contributed by atoms with Gasteiger partial charge >= 0.3 is 0 Å². The maximum Gasteiger partial charge on any atom is 0.143 e. The number of fused-ring (bicyclic) bond motifs is 1. The van der Waals surface area contributed by atoms with Gasteiger partial charge in [0.15, 0.2) is 0 Å². The molecule has 0 aromatic carbocycles. The Morgan fingerprint density at radius 3 is 2.93 bits per heavy atom. The van der Waals surface area contributed by atoms with E-state index in [1.54, 1.807) is 11.8 Å². The van der Waals surface area contributed by atoms with Crippen molar-refractivity contribution in [3.63, 3.8) is 0 Å². The van der Waals surface area contributed by atoms with E-state index in [4.69, 9.17) is 5.73 Å². The molecule has 4 heteroatoms. The lowest BCUT2D eigenvalue weighted by molar-refractivity contribution is 0.482. The summed E-state index contributed by atoms with van der Waals surface area (Å²) in [6, 6.07) is 0. The first kappa shape index (κ1) is 10.9. The second-order valence-corrected chi connectivity index (χ2v) is 4.92. The van der Waals surface area contributed by atoms with E-state index in [0.717, 1.165) is 29.6 Å². The van der Waals surface area contributed by atoms with Crippen LogP contribution in [0.1, 0.15) is 30.4 Å². The van der Waals surface area contributed by atoms with E-state index in [-0.39, 0.29) is 0 Å². The van der Waals surface area contributed by atoms with Gasteiger partial charge in [-0.05, 0) is 31.4 Å². The van der Waals surface area contributed by atoms with Crippen molar-refractivity contribution >= 4 is 11.8 Å². The number of aromatic nitrogens is 2. The number of nitrogens with zero attached hydrogens (tertiary/aromatic N) is 2. The first-order valence-corrected chi connectivity index (χ1v) is 6.59. The molecule has 1 atom stereocenters. The van der Waals surface area contributed by atoms with Gasteiger partial charge in [-0.2, -0.15) is 0 Å². The van der Waals surface area contributed by atoms with Crippen LogP contribution in [-0.4, -0.2) is 16.2 Å². The van der Waals surface area contributed by atoms with Crippen LogP contribution in [0, 0.1) is 5.92 Å². The molecule has 15 heavy (non-hydrogen) atoms. The molecule has 1 aliphatic carbocycles. The molecule has 0 saturated heterocycles. The maximum absolute atomic E-state index is 5.60. The average molecular weight is 223 g/mol. The predicted octanol–water partition coefficient (Wildman–Crippen LogP) is 1.78. The molecule has 0 spiro atoms. The largest absolute Gasteiger partial charge is 0.324 e. The molecular weight excluding hydrogens is 206 g/mol. The van der Waals surface area contributed by atoms with E-state index in [1.807, 2.05) is 0 Å². The molecule has 0 radical (unpaired) electrons. The zero-order chi connectivity index (χ0) is 10.8. The first-order valence-electron chi connectivity index (χ1n) is 5.37. The van der Waals surface area contributed by atoms with Crippen LogP contribution < -0.4 is 5.73 Å². The molecule has 82 valence electrons. The summed E-state index contributed by atoms with van der Waals surface area (Å²) >= 11 is 1.71. The molecule has 0 aliphatic heterocycles. The minimum absolute atomic E-state index is 0.441. The first-order chi connectivity index (χ1) is 7.24. The summed E-state index contributed by atoms with van der Waals surface area (Å²) in [5.74, 6) is 1.54. The Morgan fingerprint density at radius 1 is 1.47 bits per heavy atom. The van der Waals surface area contributed by atoms with Crippen LogP contribution in [0.2, 0.25) is 0 Å². The minimum Gasteiger partial charge on any atom is -0.324 e. The predicted molar refractivity (Wildman–Crippen MR) is 62.9 cm³/mol. The van der Waals surface area contributed by atoms with Crippen molar-refractivity contribution in [3.8, 4) is 0 Å². The number of thioether (sulfide) groups is 1. The van der Waals surface area contributed by atoms with E-state index >= 15 is 0 Å². The molecular formula is C11H17N3S. The molecule has 2 rings (SSSR count). The van der Waals surface area contributed by atoms with Crippen molar-refractivity contribution in [1.29, 1.82) is 0 Å². The highest BCUT2D eigenvalue weighted by Gasteiger charge is 2.20. The van der Waals surface area contributed by atoms with Gasteiger partial charge in [0.05, 0.1) is 6.54 Å². The Morgan fingerprint density at radius 2 is 2.27 bits per heavy atom. The van der Waals surface area contributed by atoms with Crippen LogP contribution in [0.15, 0.2) is 5.03 Å². The molecule has 0 bridgehead atoms. The fraction of sp³-hybridized carbons (Fsp3) is 0.636. The number of hydrogen-bond donors (Lipinski definition) is 1. The number of hydrogen-bond acceptors (Lipinski definition) is 4. The summed E-state index contributed by atoms with van der Waals surface area (Å²) in [5, 5.41) is 1.13. The summed E-state index contributed by atoms with van der Waals surface area (Å²) in [4.78, 5) is 9.01. The zero-order valence-electron chi connectivity index (χ0n) is 9.29. The van der Waals surface area contributed by atoms with Crippen LogP contribution >= 0.6 is 11.8 Å². The second kappa shape index (κ2) is 4.49. The van der Waals surface area contributed by atoms with E-state index in [0.29, 0.717) is 6.54 Å². The topological polar surface area (TPSA) is 51.8 Å². The third kappa shape index (κ3) is 2.16. The third-order valence-corrected chi connectivity index (χ3v) is 3.63. The molecule has 1 heterocycles. The molecule has 0 fully saturated rings. The fourth-order valence-electron chi connectivity index (χ4n) is 2.06. The Balaban J connectivity index is 2.44. The Hall–Kier alpha value is -0.610. The summed E-state index contributed by atoms with van der Waals surface area (Å²) in [6.07, 6.45) is 5.51. The highest BCUT2D eigenvalue weighted by atomic mass is 32.2. The molecule has 1 aliphatic rings. The fourth-order valence-corrected chi connectivity index (χ4v) is 2.71. The minimum atomic E-state index is 0.441. The average Bonchev–Trinajstić information content (AvgIpc) is 2.27. The quantitative estimate of drug-likeness (QED) is 0.613. The zero-order valence-corrected chi connectivity index (χ0v) is 10.1. The van der Waals surface area contributed by atoms with Gasteiger partial charge < -0.3 is 5.73 Å². The Kier molecular flexibility index (Phi) is 3.26. The molecule has 1 aromatic heterocycles. The van der Waals surface area contributed by atoms with Gasteiger partial charge in [0, 0.05) is 11.3 Å². The Bertz CT molecular complexity index is 348. The van der Waals surface area contributed by atoms with Gasteiger partial charge in [0.25, 0.3) is 0 Å². The maximum atomic E-state index is 5.60. The monoisotopic (exact) mass is 223 g/mol. The summed E-state index contributed by atoms with van der Waals surface area (Å²) in [6.45, 7) is 2.74. The molecule has 1 unspecified atom stereocenters. The lowest BCUT2D eigenvalue weighted by atomic mass is 9.89. The second-order valence-electron chi connectivity index (χ2n) is 4.13. The smallest absolute Gasteiger partial charge is 0.143 e. The van der Waals surface area contributed by atoms with Crippen molar-refractivity contribution in [1.82, 2.24) is 9.97 Å². The summed E-state index contributed by atoms with van der Waals surface area (Å²) in [5.41, 5.74) is 8.19. The summed E-state index contributed by atoms with van der Waals surface area (Å²) < 4.78 is 0.